The van der Waals surface area contributed by atoms with E-state index in [2.05, 4.69) is 13.0 Å². The fraction of sp³-hybridized carbons (Fsp3) is 0.333. The van der Waals surface area contributed by atoms with Crippen LogP contribution in [-0.2, 0) is 0 Å². The summed E-state index contributed by atoms with van der Waals surface area (Å²) in [5.74, 6) is -0.152. The Morgan fingerprint density at radius 3 is 2.72 bits per heavy atom. The van der Waals surface area contributed by atoms with Gasteiger partial charge in [0.1, 0.15) is 5.82 Å². The van der Waals surface area contributed by atoms with Gasteiger partial charge in [0.05, 0.1) is 0 Å². The summed E-state index contributed by atoms with van der Waals surface area (Å²) < 4.78 is 13.5. The van der Waals surface area contributed by atoms with Crippen LogP contribution in [0.4, 0.5) is 4.39 Å². The molecule has 0 aliphatic rings. The van der Waals surface area contributed by atoms with Crippen molar-refractivity contribution in [2.75, 3.05) is 0 Å². The number of rotatable bonds is 4. The molecule has 1 nitrogen and oxygen atoms in total. The first kappa shape index (κ1) is 13.2. The van der Waals surface area contributed by atoms with E-state index in [4.69, 9.17) is 5.73 Å². The van der Waals surface area contributed by atoms with Crippen LogP contribution in [0.5, 0.6) is 0 Å². The third-order valence-electron chi connectivity index (χ3n) is 3.05. The molecule has 1 heterocycles. The Labute approximate surface area is 111 Å². The topological polar surface area (TPSA) is 26.0 Å². The highest BCUT2D eigenvalue weighted by molar-refractivity contribution is 7.15. The number of aryl methyl sites for hydroxylation is 1. The molecular formula is C15H18FNS. The zero-order valence-electron chi connectivity index (χ0n) is 10.7. The highest BCUT2D eigenvalue weighted by atomic mass is 32.1. The van der Waals surface area contributed by atoms with Crippen molar-refractivity contribution < 1.29 is 4.39 Å². The maximum Gasteiger partial charge on any atom is 0.126 e. The first-order valence-corrected chi connectivity index (χ1v) is 7.05. The van der Waals surface area contributed by atoms with Crippen molar-refractivity contribution in [2.45, 2.75) is 32.7 Å². The molecule has 2 rings (SSSR count). The van der Waals surface area contributed by atoms with Crippen molar-refractivity contribution >= 4 is 11.3 Å². The molecule has 1 atom stereocenters. The van der Waals surface area contributed by atoms with Crippen molar-refractivity contribution in [2.24, 2.45) is 5.73 Å². The van der Waals surface area contributed by atoms with Gasteiger partial charge in [0.25, 0.3) is 0 Å². The van der Waals surface area contributed by atoms with Gasteiger partial charge in [0, 0.05) is 15.8 Å². The highest BCUT2D eigenvalue weighted by Crippen LogP contribution is 2.32. The second-order valence-corrected chi connectivity index (χ2v) is 5.68. The van der Waals surface area contributed by atoms with Gasteiger partial charge in [0.2, 0.25) is 0 Å². The van der Waals surface area contributed by atoms with Gasteiger partial charge in [-0.3, -0.25) is 0 Å². The van der Waals surface area contributed by atoms with E-state index in [9.17, 15) is 4.39 Å². The van der Waals surface area contributed by atoms with Gasteiger partial charge in [-0.25, -0.2) is 4.39 Å². The second-order valence-electron chi connectivity index (χ2n) is 4.56. The number of hydrogen-bond donors (Lipinski definition) is 1. The lowest BCUT2D eigenvalue weighted by atomic mass is 10.1. The SMILES string of the molecule is CCCC(N)c1ccc(-c2ccc(C)c(F)c2)s1. The van der Waals surface area contributed by atoms with E-state index < -0.39 is 0 Å². The van der Waals surface area contributed by atoms with E-state index in [0.717, 1.165) is 23.3 Å². The molecule has 0 fully saturated rings. The fourth-order valence-corrected chi connectivity index (χ4v) is 2.95. The predicted octanol–water partition coefficient (Wildman–Crippen LogP) is 4.66. The van der Waals surface area contributed by atoms with Crippen molar-refractivity contribution in [1.82, 2.24) is 0 Å². The number of nitrogens with two attached hydrogens (primary N) is 1. The maximum absolute atomic E-state index is 13.5. The lowest BCUT2D eigenvalue weighted by molar-refractivity contribution is 0.619. The summed E-state index contributed by atoms with van der Waals surface area (Å²) >= 11 is 1.66. The molecule has 1 aromatic carbocycles. The van der Waals surface area contributed by atoms with Gasteiger partial charge >= 0.3 is 0 Å². The summed E-state index contributed by atoms with van der Waals surface area (Å²) in [5, 5.41) is 0. The molecule has 3 heteroatoms. The number of hydrogen-bond acceptors (Lipinski definition) is 2. The summed E-state index contributed by atoms with van der Waals surface area (Å²) in [5.41, 5.74) is 7.69. The molecule has 2 N–H and O–H groups in total. The monoisotopic (exact) mass is 263 g/mol. The van der Waals surface area contributed by atoms with Crippen LogP contribution in [0.15, 0.2) is 30.3 Å². The quantitative estimate of drug-likeness (QED) is 0.852. The molecule has 0 bridgehead atoms. The van der Waals surface area contributed by atoms with Crippen LogP contribution in [0.1, 0.15) is 36.2 Å². The molecule has 0 aliphatic heterocycles. The van der Waals surface area contributed by atoms with Crippen molar-refractivity contribution in [3.8, 4) is 10.4 Å². The molecular weight excluding hydrogens is 245 g/mol. The third kappa shape index (κ3) is 2.79. The van der Waals surface area contributed by atoms with E-state index in [-0.39, 0.29) is 11.9 Å². The first-order chi connectivity index (χ1) is 8.61. The molecule has 0 aliphatic carbocycles. The summed E-state index contributed by atoms with van der Waals surface area (Å²) in [6.45, 7) is 3.90. The van der Waals surface area contributed by atoms with Crippen LogP contribution in [-0.4, -0.2) is 0 Å². The number of thiophene rings is 1. The van der Waals surface area contributed by atoms with Gasteiger partial charge in [-0.1, -0.05) is 25.5 Å². The summed E-state index contributed by atoms with van der Waals surface area (Å²) in [4.78, 5) is 2.25. The molecule has 2 aromatic rings. The van der Waals surface area contributed by atoms with Crippen molar-refractivity contribution in [3.05, 3.63) is 46.6 Å². The molecule has 0 spiro atoms. The first-order valence-electron chi connectivity index (χ1n) is 6.23. The molecule has 96 valence electrons. The second kappa shape index (κ2) is 5.63. The predicted molar refractivity (Wildman–Crippen MR) is 76.3 cm³/mol. The summed E-state index contributed by atoms with van der Waals surface area (Å²) in [6, 6.07) is 9.55. The van der Waals surface area contributed by atoms with E-state index >= 15 is 0 Å². The highest BCUT2D eigenvalue weighted by Gasteiger charge is 2.10. The van der Waals surface area contributed by atoms with Gasteiger partial charge in [0.15, 0.2) is 0 Å². The van der Waals surface area contributed by atoms with Crippen molar-refractivity contribution in [3.63, 3.8) is 0 Å². The zero-order chi connectivity index (χ0) is 13.1. The zero-order valence-corrected chi connectivity index (χ0v) is 11.6. The van der Waals surface area contributed by atoms with Gasteiger partial charge in [-0.2, -0.15) is 0 Å². The maximum atomic E-state index is 13.5. The molecule has 0 amide bonds. The van der Waals surface area contributed by atoms with Crippen LogP contribution in [0, 0.1) is 12.7 Å². The fourth-order valence-electron chi connectivity index (χ4n) is 1.91. The molecule has 0 radical (unpaired) electrons. The lowest BCUT2D eigenvalue weighted by Crippen LogP contribution is -2.07. The summed E-state index contributed by atoms with van der Waals surface area (Å²) in [7, 11) is 0. The normalized spacial score (nSPS) is 12.7. The van der Waals surface area contributed by atoms with E-state index in [0.29, 0.717) is 5.56 Å². The largest absolute Gasteiger partial charge is 0.323 e. The molecule has 1 unspecified atom stereocenters. The van der Waals surface area contributed by atoms with E-state index in [1.807, 2.05) is 18.2 Å². The van der Waals surface area contributed by atoms with Gasteiger partial charge in [-0.15, -0.1) is 11.3 Å². The average Bonchev–Trinajstić information content (AvgIpc) is 2.82. The van der Waals surface area contributed by atoms with Crippen LogP contribution < -0.4 is 5.73 Å². The Hall–Kier alpha value is -1.19. The smallest absolute Gasteiger partial charge is 0.126 e. The minimum absolute atomic E-state index is 0.101. The van der Waals surface area contributed by atoms with Gasteiger partial charge in [-0.05, 0) is 42.7 Å². The Bertz CT molecular complexity index is 533. The average molecular weight is 263 g/mol. The summed E-state index contributed by atoms with van der Waals surface area (Å²) in [6.07, 6.45) is 2.07. The third-order valence-corrected chi connectivity index (χ3v) is 4.31. The Balaban J connectivity index is 2.26. The molecule has 0 saturated carbocycles. The molecule has 0 saturated heterocycles. The van der Waals surface area contributed by atoms with E-state index in [1.165, 1.54) is 4.88 Å². The standard InChI is InChI=1S/C15H18FNS/c1-3-4-13(17)15-8-7-14(18-15)11-6-5-10(2)12(16)9-11/h5-9,13H,3-4,17H2,1-2H3. The molecule has 18 heavy (non-hydrogen) atoms. The van der Waals surface area contributed by atoms with Crippen LogP contribution in [0.2, 0.25) is 0 Å². The minimum Gasteiger partial charge on any atom is -0.323 e. The van der Waals surface area contributed by atoms with Crippen LogP contribution >= 0.6 is 11.3 Å². The van der Waals surface area contributed by atoms with Crippen LogP contribution in [0.25, 0.3) is 10.4 Å². The lowest BCUT2D eigenvalue weighted by Gasteiger charge is -2.06. The Morgan fingerprint density at radius 1 is 1.28 bits per heavy atom. The van der Waals surface area contributed by atoms with Crippen LogP contribution in [0.3, 0.4) is 0 Å². The molecule has 1 aromatic heterocycles. The minimum atomic E-state index is -0.152. The van der Waals surface area contributed by atoms with Gasteiger partial charge < -0.3 is 5.73 Å². The van der Waals surface area contributed by atoms with Crippen molar-refractivity contribution in [1.29, 1.82) is 0 Å². The number of halogens is 1. The van der Waals surface area contributed by atoms with E-state index in [1.54, 1.807) is 24.3 Å². The Morgan fingerprint density at radius 2 is 2.06 bits per heavy atom. The Kier molecular flexibility index (Phi) is 4.15. The number of benzene rings is 1.